The second kappa shape index (κ2) is 6.37. The maximum Gasteiger partial charge on any atom is 0.194 e. The third kappa shape index (κ3) is 3.17. The van der Waals surface area contributed by atoms with E-state index in [2.05, 4.69) is 56.7 Å². The Labute approximate surface area is 147 Å². The molecular weight excluding hydrogens is 413 g/mol. The molecule has 3 aromatic rings. The molecule has 0 aliphatic heterocycles. The Hall–Kier alpha value is -1.41. The molecule has 0 fully saturated rings. The first-order valence-electron chi connectivity index (χ1n) is 6.93. The van der Waals surface area contributed by atoms with Gasteiger partial charge in [-0.2, -0.15) is 0 Å². The number of imidazole rings is 1. The largest absolute Gasteiger partial charge is 0.364 e. The van der Waals surface area contributed by atoms with Crippen molar-refractivity contribution in [2.45, 2.75) is 26.4 Å². The Kier molecular flexibility index (Phi) is 4.49. The van der Waals surface area contributed by atoms with Crippen molar-refractivity contribution in [3.8, 4) is 0 Å². The zero-order valence-corrected chi connectivity index (χ0v) is 15.1. The van der Waals surface area contributed by atoms with Gasteiger partial charge < -0.3 is 9.88 Å². The van der Waals surface area contributed by atoms with Gasteiger partial charge in [0.1, 0.15) is 0 Å². The van der Waals surface area contributed by atoms with Gasteiger partial charge in [0.05, 0.1) is 6.33 Å². The highest BCUT2D eigenvalue weighted by Gasteiger charge is 2.13. The minimum Gasteiger partial charge on any atom is -0.364 e. The standard InChI is InChI=1S/C15H15ClIN5/c1-9(2)22-8-19-12-13(20-15(17)21-14(12)22)18-7-10-3-5-11(16)6-4-10/h3-6,8-9H,7H2,1-2H3,(H,18,20,21). The van der Waals surface area contributed by atoms with E-state index in [1.807, 2.05) is 35.2 Å². The van der Waals surface area contributed by atoms with Gasteiger partial charge in [-0.05, 0) is 31.5 Å². The molecule has 1 aromatic carbocycles. The van der Waals surface area contributed by atoms with E-state index in [-0.39, 0.29) is 0 Å². The minimum absolute atomic E-state index is 0.305. The molecule has 0 bridgehead atoms. The molecule has 0 spiro atoms. The van der Waals surface area contributed by atoms with Crippen molar-refractivity contribution in [1.29, 1.82) is 0 Å². The summed E-state index contributed by atoms with van der Waals surface area (Å²) < 4.78 is 2.75. The van der Waals surface area contributed by atoms with Gasteiger partial charge in [-0.15, -0.1) is 0 Å². The van der Waals surface area contributed by atoms with Crippen molar-refractivity contribution in [3.63, 3.8) is 0 Å². The van der Waals surface area contributed by atoms with E-state index < -0.39 is 0 Å². The van der Waals surface area contributed by atoms with Gasteiger partial charge in [-0.1, -0.05) is 23.7 Å². The van der Waals surface area contributed by atoms with Gasteiger partial charge in [-0.25, -0.2) is 15.0 Å². The summed E-state index contributed by atoms with van der Waals surface area (Å²) >= 11 is 8.03. The molecule has 0 unspecified atom stereocenters. The van der Waals surface area contributed by atoms with Crippen LogP contribution < -0.4 is 5.32 Å². The number of benzene rings is 1. The summed E-state index contributed by atoms with van der Waals surface area (Å²) in [5, 5.41) is 4.08. The van der Waals surface area contributed by atoms with Crippen LogP contribution in [0.25, 0.3) is 11.2 Å². The second-order valence-corrected chi connectivity index (χ2v) is 6.64. The molecule has 0 amide bonds. The van der Waals surface area contributed by atoms with Gasteiger partial charge in [-0.3, -0.25) is 0 Å². The van der Waals surface area contributed by atoms with Crippen LogP contribution in [0, 0.1) is 3.83 Å². The molecule has 2 heterocycles. The Morgan fingerprint density at radius 3 is 2.64 bits per heavy atom. The van der Waals surface area contributed by atoms with Crippen LogP contribution >= 0.6 is 34.2 Å². The summed E-state index contributed by atoms with van der Waals surface area (Å²) in [5.74, 6) is 0.753. The zero-order valence-electron chi connectivity index (χ0n) is 12.2. The molecule has 2 aromatic heterocycles. The number of anilines is 1. The lowest BCUT2D eigenvalue weighted by Crippen LogP contribution is -2.06. The van der Waals surface area contributed by atoms with Crippen molar-refractivity contribution in [2.75, 3.05) is 5.32 Å². The van der Waals surface area contributed by atoms with Crippen molar-refractivity contribution in [1.82, 2.24) is 19.5 Å². The Morgan fingerprint density at radius 2 is 1.95 bits per heavy atom. The van der Waals surface area contributed by atoms with Gasteiger partial charge in [0.15, 0.2) is 20.8 Å². The fourth-order valence-corrected chi connectivity index (χ4v) is 2.77. The van der Waals surface area contributed by atoms with Crippen LogP contribution in [0.5, 0.6) is 0 Å². The van der Waals surface area contributed by atoms with Crippen LogP contribution in [0.1, 0.15) is 25.5 Å². The lowest BCUT2D eigenvalue weighted by atomic mass is 10.2. The maximum atomic E-state index is 5.91. The van der Waals surface area contributed by atoms with E-state index >= 15 is 0 Å². The SMILES string of the molecule is CC(C)n1cnc2c(NCc3ccc(Cl)cc3)nc(I)nc21. The van der Waals surface area contributed by atoms with Gasteiger partial charge in [0.2, 0.25) is 0 Å². The molecule has 114 valence electrons. The first kappa shape index (κ1) is 15.5. The Bertz CT molecular complexity index is 798. The third-order valence-electron chi connectivity index (χ3n) is 3.32. The molecular formula is C15H15ClIN5. The molecule has 0 saturated heterocycles. The normalized spacial score (nSPS) is 11.3. The Morgan fingerprint density at radius 1 is 1.23 bits per heavy atom. The van der Waals surface area contributed by atoms with Gasteiger partial charge >= 0.3 is 0 Å². The number of hydrogen-bond donors (Lipinski definition) is 1. The minimum atomic E-state index is 0.305. The topological polar surface area (TPSA) is 55.6 Å². The van der Waals surface area contributed by atoms with Crippen LogP contribution in [0.15, 0.2) is 30.6 Å². The highest BCUT2D eigenvalue weighted by atomic mass is 127. The number of nitrogens with one attached hydrogen (secondary N) is 1. The fourth-order valence-electron chi connectivity index (χ4n) is 2.18. The lowest BCUT2D eigenvalue weighted by molar-refractivity contribution is 0.612. The predicted octanol–water partition coefficient (Wildman–Crippen LogP) is 4.28. The average Bonchev–Trinajstić information content (AvgIpc) is 2.90. The van der Waals surface area contributed by atoms with Gasteiger partial charge in [0, 0.05) is 40.2 Å². The number of hydrogen-bond acceptors (Lipinski definition) is 4. The molecule has 0 atom stereocenters. The summed E-state index contributed by atoms with van der Waals surface area (Å²) in [6, 6.07) is 8.05. The zero-order chi connectivity index (χ0) is 15.7. The average molecular weight is 428 g/mol. The van der Waals surface area contributed by atoms with Crippen LogP contribution in [0.4, 0.5) is 5.82 Å². The van der Waals surface area contributed by atoms with Crippen LogP contribution in [-0.2, 0) is 6.54 Å². The van der Waals surface area contributed by atoms with Crippen molar-refractivity contribution in [2.24, 2.45) is 0 Å². The highest BCUT2D eigenvalue weighted by Crippen LogP contribution is 2.23. The highest BCUT2D eigenvalue weighted by molar-refractivity contribution is 14.1. The Balaban J connectivity index is 1.91. The molecule has 1 N–H and O–H groups in total. The number of aromatic nitrogens is 4. The second-order valence-electron chi connectivity index (χ2n) is 5.24. The molecule has 22 heavy (non-hydrogen) atoms. The molecule has 0 saturated carbocycles. The van der Waals surface area contributed by atoms with Crippen molar-refractivity contribution < 1.29 is 0 Å². The van der Waals surface area contributed by atoms with Gasteiger partial charge in [0.25, 0.3) is 0 Å². The summed E-state index contributed by atoms with van der Waals surface area (Å²) in [5.41, 5.74) is 2.78. The van der Waals surface area contributed by atoms with E-state index in [1.165, 1.54) is 0 Å². The number of rotatable bonds is 4. The fraction of sp³-hybridized carbons (Fsp3) is 0.267. The number of halogens is 2. The quantitative estimate of drug-likeness (QED) is 0.499. The van der Waals surface area contributed by atoms with Crippen LogP contribution in [0.2, 0.25) is 5.02 Å². The van der Waals surface area contributed by atoms with Crippen LogP contribution in [0.3, 0.4) is 0 Å². The van der Waals surface area contributed by atoms with E-state index in [0.717, 1.165) is 27.6 Å². The third-order valence-corrected chi connectivity index (χ3v) is 4.06. The van der Waals surface area contributed by atoms with E-state index in [0.29, 0.717) is 16.4 Å². The van der Waals surface area contributed by atoms with E-state index in [4.69, 9.17) is 11.6 Å². The summed E-state index contributed by atoms with van der Waals surface area (Å²) in [6.07, 6.45) is 1.81. The summed E-state index contributed by atoms with van der Waals surface area (Å²) in [6.45, 7) is 4.88. The summed E-state index contributed by atoms with van der Waals surface area (Å²) in [4.78, 5) is 13.4. The molecule has 7 heteroatoms. The first-order chi connectivity index (χ1) is 10.5. The predicted molar refractivity (Wildman–Crippen MR) is 97.2 cm³/mol. The number of nitrogens with zero attached hydrogens (tertiary/aromatic N) is 4. The maximum absolute atomic E-state index is 5.91. The first-order valence-corrected chi connectivity index (χ1v) is 8.38. The number of fused-ring (bicyclic) bond motifs is 1. The lowest BCUT2D eigenvalue weighted by Gasteiger charge is -2.09. The van der Waals surface area contributed by atoms with Crippen molar-refractivity contribution >= 4 is 51.2 Å². The van der Waals surface area contributed by atoms with E-state index in [1.54, 1.807) is 0 Å². The molecule has 0 radical (unpaired) electrons. The smallest absolute Gasteiger partial charge is 0.194 e. The summed E-state index contributed by atoms with van der Waals surface area (Å²) in [7, 11) is 0. The van der Waals surface area contributed by atoms with E-state index in [9.17, 15) is 0 Å². The monoisotopic (exact) mass is 427 g/mol. The molecule has 3 rings (SSSR count). The van der Waals surface area contributed by atoms with Crippen molar-refractivity contribution in [3.05, 3.63) is 45.0 Å². The van der Waals surface area contributed by atoms with Crippen LogP contribution in [-0.4, -0.2) is 19.5 Å². The molecule has 0 aliphatic carbocycles. The molecule has 0 aliphatic rings. The molecule has 5 nitrogen and oxygen atoms in total.